The van der Waals surface area contributed by atoms with E-state index in [1.54, 1.807) is 25.1 Å². The molecular weight excluding hydrogens is 340 g/mol. The second kappa shape index (κ2) is 8.27. The van der Waals surface area contributed by atoms with E-state index in [1.165, 1.54) is 0 Å². The van der Waals surface area contributed by atoms with E-state index in [1.807, 2.05) is 12.1 Å². The lowest BCUT2D eigenvalue weighted by atomic mass is 10.2. The third-order valence-electron chi connectivity index (χ3n) is 3.97. The van der Waals surface area contributed by atoms with Gasteiger partial charge < -0.3 is 15.4 Å². The molecule has 1 atom stereocenters. The number of ether oxygens (including phenoxy) is 1. The van der Waals surface area contributed by atoms with E-state index in [2.05, 4.69) is 20.6 Å². The average molecular weight is 361 g/mol. The Morgan fingerprint density at radius 2 is 2.12 bits per heavy atom. The molecule has 1 aliphatic heterocycles. The summed E-state index contributed by atoms with van der Waals surface area (Å²) in [5.74, 6) is 0.953. The summed E-state index contributed by atoms with van der Waals surface area (Å²) in [6.07, 6.45) is 2.34. The van der Waals surface area contributed by atoms with Crippen molar-refractivity contribution in [2.24, 2.45) is 0 Å². The van der Waals surface area contributed by atoms with E-state index in [4.69, 9.17) is 16.3 Å². The Balaban J connectivity index is 1.60. The van der Waals surface area contributed by atoms with Crippen LogP contribution < -0.4 is 10.6 Å². The number of anilines is 1. The predicted octanol–water partition coefficient (Wildman–Crippen LogP) is 2.96. The van der Waals surface area contributed by atoms with Crippen LogP contribution in [-0.2, 0) is 11.3 Å². The van der Waals surface area contributed by atoms with Gasteiger partial charge in [-0.15, -0.1) is 0 Å². The van der Waals surface area contributed by atoms with Crippen LogP contribution >= 0.6 is 11.6 Å². The maximum atomic E-state index is 12.4. The summed E-state index contributed by atoms with van der Waals surface area (Å²) in [5, 5.41) is 6.76. The fourth-order valence-electron chi connectivity index (χ4n) is 2.67. The molecule has 2 aromatic rings. The zero-order chi connectivity index (χ0) is 17.6. The molecule has 1 aromatic heterocycles. The lowest BCUT2D eigenvalue weighted by molar-refractivity contribution is 0.0945. The van der Waals surface area contributed by atoms with Gasteiger partial charge in [0.05, 0.1) is 6.10 Å². The first-order valence-corrected chi connectivity index (χ1v) is 8.72. The molecule has 25 heavy (non-hydrogen) atoms. The number of carbonyl (C=O) groups is 1. The van der Waals surface area contributed by atoms with E-state index >= 15 is 0 Å². The van der Waals surface area contributed by atoms with Crippen molar-refractivity contribution in [2.45, 2.75) is 32.4 Å². The number of nitrogens with one attached hydrogen (secondary N) is 2. The smallest absolute Gasteiger partial charge is 0.270 e. The predicted molar refractivity (Wildman–Crippen MR) is 96.9 cm³/mol. The highest BCUT2D eigenvalue weighted by atomic mass is 35.5. The number of hydrogen-bond donors (Lipinski definition) is 2. The number of hydrogen-bond acceptors (Lipinski definition) is 5. The lowest BCUT2D eigenvalue weighted by Crippen LogP contribution is -2.25. The monoisotopic (exact) mass is 360 g/mol. The van der Waals surface area contributed by atoms with Crippen LogP contribution in [0.1, 0.15) is 34.7 Å². The van der Waals surface area contributed by atoms with Gasteiger partial charge in [0.1, 0.15) is 17.3 Å². The second-order valence-corrected chi connectivity index (χ2v) is 6.45. The Kier molecular flexibility index (Phi) is 5.83. The van der Waals surface area contributed by atoms with Crippen molar-refractivity contribution >= 4 is 23.3 Å². The topological polar surface area (TPSA) is 76.1 Å². The fourth-order valence-corrected chi connectivity index (χ4v) is 2.80. The molecule has 2 N–H and O–H groups in total. The van der Waals surface area contributed by atoms with Crippen molar-refractivity contribution in [3.63, 3.8) is 0 Å². The molecule has 1 fully saturated rings. The zero-order valence-electron chi connectivity index (χ0n) is 14.1. The summed E-state index contributed by atoms with van der Waals surface area (Å²) in [5.41, 5.74) is 1.32. The summed E-state index contributed by atoms with van der Waals surface area (Å²) in [6.45, 7) is 3.68. The minimum Gasteiger partial charge on any atom is -0.376 e. The maximum absolute atomic E-state index is 12.4. The molecule has 0 bridgehead atoms. The van der Waals surface area contributed by atoms with E-state index < -0.39 is 0 Å². The van der Waals surface area contributed by atoms with Gasteiger partial charge in [0.15, 0.2) is 0 Å². The molecule has 3 rings (SSSR count). The van der Waals surface area contributed by atoms with E-state index in [0.29, 0.717) is 35.4 Å². The lowest BCUT2D eigenvalue weighted by Gasteiger charge is -2.12. The molecular formula is C18H21ClN4O2. The molecule has 2 heterocycles. The van der Waals surface area contributed by atoms with Crippen molar-refractivity contribution in [3.05, 3.63) is 52.4 Å². The molecule has 132 valence electrons. The number of amides is 1. The van der Waals surface area contributed by atoms with Crippen LogP contribution in [0.3, 0.4) is 0 Å². The first-order valence-electron chi connectivity index (χ1n) is 8.34. The van der Waals surface area contributed by atoms with Crippen LogP contribution in [0.25, 0.3) is 0 Å². The van der Waals surface area contributed by atoms with Crippen molar-refractivity contribution in [1.82, 2.24) is 15.3 Å². The Labute approximate surface area is 152 Å². The third-order valence-corrected chi connectivity index (χ3v) is 4.22. The quantitative estimate of drug-likeness (QED) is 0.828. The van der Waals surface area contributed by atoms with Crippen LogP contribution in [-0.4, -0.2) is 35.1 Å². The van der Waals surface area contributed by atoms with E-state index in [0.717, 1.165) is 25.0 Å². The van der Waals surface area contributed by atoms with Crippen molar-refractivity contribution in [1.29, 1.82) is 0 Å². The molecule has 1 aromatic carbocycles. The SMILES string of the molecule is Cc1nc(NCC2CCCO2)cc(C(=O)NCc2ccc(Cl)cc2)n1. The summed E-state index contributed by atoms with van der Waals surface area (Å²) in [4.78, 5) is 20.9. The average Bonchev–Trinajstić information content (AvgIpc) is 3.12. The molecule has 1 amide bonds. The van der Waals surface area contributed by atoms with Gasteiger partial charge in [-0.1, -0.05) is 23.7 Å². The second-order valence-electron chi connectivity index (χ2n) is 6.01. The van der Waals surface area contributed by atoms with Crippen LogP contribution in [0.5, 0.6) is 0 Å². The summed E-state index contributed by atoms with van der Waals surface area (Å²) < 4.78 is 5.58. The van der Waals surface area contributed by atoms with Crippen molar-refractivity contribution < 1.29 is 9.53 Å². The molecule has 6 nitrogen and oxygen atoms in total. The first-order chi connectivity index (χ1) is 12.1. The fraction of sp³-hybridized carbons (Fsp3) is 0.389. The Morgan fingerprint density at radius 3 is 2.84 bits per heavy atom. The minimum atomic E-state index is -0.236. The van der Waals surface area contributed by atoms with E-state index in [-0.39, 0.29) is 12.0 Å². The van der Waals surface area contributed by atoms with Crippen molar-refractivity contribution in [3.8, 4) is 0 Å². The largest absolute Gasteiger partial charge is 0.376 e. The maximum Gasteiger partial charge on any atom is 0.270 e. The zero-order valence-corrected chi connectivity index (χ0v) is 14.8. The molecule has 0 saturated carbocycles. The summed E-state index contributed by atoms with van der Waals surface area (Å²) in [6, 6.07) is 9.01. The standard InChI is InChI=1S/C18H21ClN4O2/c1-12-22-16(9-17(23-12)20-11-15-3-2-8-25-15)18(24)21-10-13-4-6-14(19)7-5-13/h4-7,9,15H,2-3,8,10-11H2,1H3,(H,21,24)(H,20,22,23). The van der Waals surface area contributed by atoms with Crippen molar-refractivity contribution in [2.75, 3.05) is 18.5 Å². The van der Waals surface area contributed by atoms with E-state index in [9.17, 15) is 4.79 Å². The molecule has 1 unspecified atom stereocenters. The van der Waals surface area contributed by atoms with Gasteiger partial charge in [-0.25, -0.2) is 9.97 Å². The van der Waals surface area contributed by atoms with Gasteiger partial charge in [-0.2, -0.15) is 0 Å². The Morgan fingerprint density at radius 1 is 1.32 bits per heavy atom. The van der Waals surface area contributed by atoms with Gasteiger partial charge in [0.25, 0.3) is 5.91 Å². The molecule has 1 aliphatic rings. The number of nitrogens with zero attached hydrogens (tertiary/aromatic N) is 2. The molecule has 0 aliphatic carbocycles. The van der Waals surface area contributed by atoms with Crippen LogP contribution in [0.15, 0.2) is 30.3 Å². The highest BCUT2D eigenvalue weighted by Crippen LogP contribution is 2.14. The minimum absolute atomic E-state index is 0.206. The third kappa shape index (κ3) is 5.14. The molecule has 0 spiro atoms. The highest BCUT2D eigenvalue weighted by molar-refractivity contribution is 6.30. The molecule has 0 radical (unpaired) electrons. The molecule has 7 heteroatoms. The normalized spacial score (nSPS) is 16.6. The molecule has 1 saturated heterocycles. The van der Waals surface area contributed by atoms with Crippen LogP contribution in [0, 0.1) is 6.92 Å². The van der Waals surface area contributed by atoms with Gasteiger partial charge in [-0.05, 0) is 37.5 Å². The number of aryl methyl sites for hydroxylation is 1. The number of aromatic nitrogens is 2. The van der Waals surface area contributed by atoms with Gasteiger partial charge in [-0.3, -0.25) is 4.79 Å². The van der Waals surface area contributed by atoms with Gasteiger partial charge in [0.2, 0.25) is 0 Å². The number of benzene rings is 1. The number of halogens is 1. The Hall–Kier alpha value is -2.18. The summed E-state index contributed by atoms with van der Waals surface area (Å²) in [7, 11) is 0. The number of rotatable bonds is 6. The van der Waals surface area contributed by atoms with Gasteiger partial charge >= 0.3 is 0 Å². The highest BCUT2D eigenvalue weighted by Gasteiger charge is 2.16. The first kappa shape index (κ1) is 17.6. The Bertz CT molecular complexity index is 730. The van der Waals surface area contributed by atoms with Gasteiger partial charge in [0, 0.05) is 30.8 Å². The number of carbonyl (C=O) groups excluding carboxylic acids is 1. The van der Waals surface area contributed by atoms with Crippen LogP contribution in [0.4, 0.5) is 5.82 Å². The summed E-state index contributed by atoms with van der Waals surface area (Å²) >= 11 is 5.86. The van der Waals surface area contributed by atoms with Crippen LogP contribution in [0.2, 0.25) is 5.02 Å².